The summed E-state index contributed by atoms with van der Waals surface area (Å²) in [5.41, 5.74) is 0.578. The number of rotatable bonds is 6. The maximum Gasteiger partial charge on any atom is 0.337 e. The molecule has 2 rings (SSSR count). The zero-order valence-corrected chi connectivity index (χ0v) is 17.4. The molecule has 2 aromatic rings. The van der Waals surface area contributed by atoms with Gasteiger partial charge in [0.15, 0.2) is 0 Å². The van der Waals surface area contributed by atoms with Gasteiger partial charge in [-0.2, -0.15) is 0 Å². The molecule has 0 bridgehead atoms. The van der Waals surface area contributed by atoms with E-state index in [9.17, 15) is 19.2 Å². The van der Waals surface area contributed by atoms with Gasteiger partial charge in [-0.15, -0.1) is 0 Å². The number of benzene rings is 2. The third-order valence-corrected chi connectivity index (χ3v) is 4.19. The summed E-state index contributed by atoms with van der Waals surface area (Å²) in [4.78, 5) is 47.9. The van der Waals surface area contributed by atoms with E-state index in [4.69, 9.17) is 16.3 Å². The molecular formula is C20H19ClN2O7. The first kappa shape index (κ1) is 22.7. The summed E-state index contributed by atoms with van der Waals surface area (Å²) in [7, 11) is 3.73. The summed E-state index contributed by atoms with van der Waals surface area (Å²) in [6.45, 7) is 1.32. The zero-order chi connectivity index (χ0) is 22.4. The van der Waals surface area contributed by atoms with E-state index in [0.717, 1.165) is 0 Å². The summed E-state index contributed by atoms with van der Waals surface area (Å²) in [5, 5.41) is 5.23. The minimum Gasteiger partial charge on any atom is -0.496 e. The van der Waals surface area contributed by atoms with Crippen LogP contribution in [0.1, 0.15) is 38.0 Å². The molecule has 0 spiro atoms. The molecule has 0 atom stereocenters. The molecule has 0 saturated heterocycles. The predicted molar refractivity (Wildman–Crippen MR) is 109 cm³/mol. The van der Waals surface area contributed by atoms with Gasteiger partial charge >= 0.3 is 11.9 Å². The smallest absolute Gasteiger partial charge is 0.337 e. The number of hydrogen-bond acceptors (Lipinski definition) is 7. The number of carbonyl (C=O) groups is 4. The van der Waals surface area contributed by atoms with Gasteiger partial charge in [0.05, 0.1) is 48.7 Å². The molecule has 0 aliphatic rings. The van der Waals surface area contributed by atoms with Crippen molar-refractivity contribution in [3.8, 4) is 5.75 Å². The minimum atomic E-state index is -0.698. The van der Waals surface area contributed by atoms with Crippen molar-refractivity contribution in [1.29, 1.82) is 0 Å². The minimum absolute atomic E-state index is 0.0432. The SMILES string of the molecule is COC(=O)c1cc(NC(=O)c2cc(Cl)c(NC(C)=O)cc2OC)cc(C(=O)OC)c1. The molecule has 0 saturated carbocycles. The highest BCUT2D eigenvalue weighted by atomic mass is 35.5. The van der Waals surface area contributed by atoms with Crippen molar-refractivity contribution in [2.45, 2.75) is 6.92 Å². The second-order valence-corrected chi connectivity index (χ2v) is 6.36. The van der Waals surface area contributed by atoms with Crippen LogP contribution < -0.4 is 15.4 Å². The van der Waals surface area contributed by atoms with E-state index in [1.54, 1.807) is 0 Å². The van der Waals surface area contributed by atoms with Gasteiger partial charge in [0.25, 0.3) is 5.91 Å². The molecule has 2 amide bonds. The molecule has 0 aliphatic carbocycles. The molecule has 9 nitrogen and oxygen atoms in total. The van der Waals surface area contributed by atoms with E-state index < -0.39 is 17.8 Å². The first-order valence-electron chi connectivity index (χ1n) is 8.48. The van der Waals surface area contributed by atoms with Crippen molar-refractivity contribution in [3.63, 3.8) is 0 Å². The highest BCUT2D eigenvalue weighted by Gasteiger charge is 2.19. The zero-order valence-electron chi connectivity index (χ0n) is 16.6. The Kier molecular flexibility index (Phi) is 7.38. The highest BCUT2D eigenvalue weighted by molar-refractivity contribution is 6.34. The fraction of sp³-hybridized carbons (Fsp3) is 0.200. The molecule has 0 radical (unpaired) electrons. The van der Waals surface area contributed by atoms with Crippen LogP contribution in [0.15, 0.2) is 30.3 Å². The number of anilines is 2. The Morgan fingerprint density at radius 3 is 1.87 bits per heavy atom. The second-order valence-electron chi connectivity index (χ2n) is 5.95. The Labute approximate surface area is 177 Å². The lowest BCUT2D eigenvalue weighted by Gasteiger charge is -2.14. The molecule has 158 valence electrons. The van der Waals surface area contributed by atoms with Gasteiger partial charge in [0.2, 0.25) is 5.91 Å². The van der Waals surface area contributed by atoms with Gasteiger partial charge in [-0.3, -0.25) is 9.59 Å². The Hall–Kier alpha value is -3.59. The Bertz CT molecular complexity index is 986. The van der Waals surface area contributed by atoms with Gasteiger partial charge in [0, 0.05) is 18.7 Å². The predicted octanol–water partition coefficient (Wildman–Crippen LogP) is 3.13. The summed E-state index contributed by atoms with van der Waals surface area (Å²) in [6, 6.07) is 6.70. The number of ether oxygens (including phenoxy) is 3. The summed E-state index contributed by atoms with van der Waals surface area (Å²) >= 11 is 6.15. The van der Waals surface area contributed by atoms with Gasteiger partial charge in [-0.05, 0) is 24.3 Å². The fourth-order valence-corrected chi connectivity index (χ4v) is 2.77. The first-order valence-corrected chi connectivity index (χ1v) is 8.86. The number of amides is 2. The van der Waals surface area contributed by atoms with Gasteiger partial charge in [-0.1, -0.05) is 11.6 Å². The van der Waals surface area contributed by atoms with E-state index in [0.29, 0.717) is 0 Å². The van der Waals surface area contributed by atoms with Crippen LogP contribution in [0, 0.1) is 0 Å². The third kappa shape index (κ3) is 5.26. The maximum atomic E-state index is 12.8. The number of nitrogens with one attached hydrogen (secondary N) is 2. The van der Waals surface area contributed by atoms with Gasteiger partial charge in [-0.25, -0.2) is 9.59 Å². The average molecular weight is 435 g/mol. The lowest BCUT2D eigenvalue weighted by molar-refractivity contribution is -0.114. The van der Waals surface area contributed by atoms with Crippen molar-refractivity contribution < 1.29 is 33.4 Å². The molecule has 0 unspecified atom stereocenters. The van der Waals surface area contributed by atoms with Crippen molar-refractivity contribution in [2.75, 3.05) is 32.0 Å². The molecule has 2 N–H and O–H groups in total. The molecule has 0 aromatic heterocycles. The van der Waals surface area contributed by atoms with Gasteiger partial charge < -0.3 is 24.8 Å². The largest absolute Gasteiger partial charge is 0.496 e. The number of halogens is 1. The Balaban J connectivity index is 2.44. The van der Waals surface area contributed by atoms with Crippen LogP contribution in [0.2, 0.25) is 5.02 Å². The summed E-state index contributed by atoms with van der Waals surface area (Å²) < 4.78 is 14.6. The number of carbonyl (C=O) groups excluding carboxylic acids is 4. The van der Waals surface area contributed by atoms with Crippen molar-refractivity contribution in [3.05, 3.63) is 52.0 Å². The van der Waals surface area contributed by atoms with Crippen LogP contribution in [0.5, 0.6) is 5.75 Å². The summed E-state index contributed by atoms with van der Waals surface area (Å²) in [6.07, 6.45) is 0. The third-order valence-electron chi connectivity index (χ3n) is 3.88. The van der Waals surface area contributed by atoms with Crippen LogP contribution in [-0.2, 0) is 14.3 Å². The van der Waals surface area contributed by atoms with Crippen molar-refractivity contribution >= 4 is 46.7 Å². The molecular weight excluding hydrogens is 416 g/mol. The maximum absolute atomic E-state index is 12.8. The Morgan fingerprint density at radius 2 is 1.40 bits per heavy atom. The van der Waals surface area contributed by atoms with E-state index in [1.807, 2.05) is 0 Å². The monoisotopic (exact) mass is 434 g/mol. The van der Waals surface area contributed by atoms with Gasteiger partial charge in [0.1, 0.15) is 5.75 Å². The first-order chi connectivity index (χ1) is 14.2. The van der Waals surface area contributed by atoms with Crippen LogP contribution in [-0.4, -0.2) is 45.1 Å². The lowest BCUT2D eigenvalue weighted by Crippen LogP contribution is -2.16. The molecule has 2 aromatic carbocycles. The normalized spacial score (nSPS) is 10.0. The van der Waals surface area contributed by atoms with E-state index in [-0.39, 0.29) is 44.7 Å². The van der Waals surface area contributed by atoms with E-state index >= 15 is 0 Å². The molecule has 10 heteroatoms. The van der Waals surface area contributed by atoms with E-state index in [2.05, 4.69) is 20.1 Å². The fourth-order valence-electron chi connectivity index (χ4n) is 2.55. The highest BCUT2D eigenvalue weighted by Crippen LogP contribution is 2.31. The number of esters is 2. The molecule has 0 fully saturated rings. The van der Waals surface area contributed by atoms with Crippen molar-refractivity contribution in [2.24, 2.45) is 0 Å². The average Bonchev–Trinajstić information content (AvgIpc) is 2.72. The molecule has 0 heterocycles. The van der Waals surface area contributed by atoms with Crippen LogP contribution >= 0.6 is 11.6 Å². The number of hydrogen-bond donors (Lipinski definition) is 2. The van der Waals surface area contributed by atoms with Crippen LogP contribution in [0.25, 0.3) is 0 Å². The standard InChI is InChI=1S/C20H19ClN2O7/c1-10(24)22-16-9-17(28-2)14(8-15(16)21)18(25)23-13-6-11(19(26)29-3)5-12(7-13)20(27)30-4/h5-9H,1-4H3,(H,22,24)(H,23,25). The second kappa shape index (κ2) is 9.75. The van der Waals surface area contributed by atoms with E-state index in [1.165, 1.54) is 58.6 Å². The molecule has 0 aliphatic heterocycles. The Morgan fingerprint density at radius 1 is 0.833 bits per heavy atom. The van der Waals surface area contributed by atoms with Crippen LogP contribution in [0.3, 0.4) is 0 Å². The quantitative estimate of drug-likeness (QED) is 0.670. The summed E-state index contributed by atoms with van der Waals surface area (Å²) in [5.74, 6) is -2.21. The number of methoxy groups -OCH3 is 3. The lowest BCUT2D eigenvalue weighted by atomic mass is 10.1. The van der Waals surface area contributed by atoms with Crippen molar-refractivity contribution in [1.82, 2.24) is 0 Å². The molecule has 30 heavy (non-hydrogen) atoms. The van der Waals surface area contributed by atoms with Crippen LogP contribution in [0.4, 0.5) is 11.4 Å². The topological polar surface area (TPSA) is 120 Å².